The molecule has 2 aliphatic carbocycles. The third-order valence-electron chi connectivity index (χ3n) is 9.87. The Balaban J connectivity index is 1.50. The van der Waals surface area contributed by atoms with E-state index in [2.05, 4.69) is 110 Å². The first kappa shape index (κ1) is 36.0. The summed E-state index contributed by atoms with van der Waals surface area (Å²) in [5.41, 5.74) is 7.21. The Morgan fingerprint density at radius 1 is 0.750 bits per heavy atom. The molecule has 0 radical (unpaired) electrons. The Morgan fingerprint density at radius 2 is 1.30 bits per heavy atom. The number of aliphatic hydroxyl groups is 3. The van der Waals surface area contributed by atoms with Crippen LogP contribution in [0.2, 0.25) is 0 Å². The van der Waals surface area contributed by atoms with Crippen LogP contribution in [0.5, 0.6) is 0 Å². The number of fused-ring (bicyclic) bond motifs is 1. The zero-order chi connectivity index (χ0) is 33.0. The molecule has 1 heterocycles. The Labute approximate surface area is 267 Å². The smallest absolute Gasteiger partial charge is 0.103 e. The second-order valence-electron chi connectivity index (χ2n) is 15.3. The van der Waals surface area contributed by atoms with Crippen LogP contribution in [0, 0.1) is 10.8 Å². The third kappa shape index (κ3) is 8.83. The lowest BCUT2D eigenvalue weighted by molar-refractivity contribution is -0.0268. The van der Waals surface area contributed by atoms with Crippen molar-refractivity contribution >= 4 is 0 Å². The van der Waals surface area contributed by atoms with Crippen LogP contribution in [0.25, 0.3) is 0 Å². The van der Waals surface area contributed by atoms with E-state index in [1.807, 2.05) is 25.2 Å². The first-order valence-corrected chi connectivity index (χ1v) is 16.3. The van der Waals surface area contributed by atoms with Crippen molar-refractivity contribution in [3.8, 4) is 0 Å². The highest BCUT2D eigenvalue weighted by atomic mass is 16.6. The van der Waals surface area contributed by atoms with E-state index < -0.39 is 11.7 Å². The maximum Gasteiger partial charge on any atom is 0.103 e. The summed E-state index contributed by atoms with van der Waals surface area (Å²) in [7, 11) is 0. The standard InChI is InChI=1S/C40H58O4/c1-29(17-13-19-31(3)21-22-35-36(5,6)25-33(41)27-38(35,9)43)15-11-12-16-30(2)18-14-20-32(4)23-24-40-37(7,8)26-34(42)28-39(40,10)44-40/h11-21,33-34,41-43H,23-28H2,1-10H3/b12-11+,17-13+,18-14+,29-15+,30-16+,31-19+,32-20+/t22?,33-,34-,38+,39+,40-/m0/s1. The molecule has 3 fully saturated rings. The summed E-state index contributed by atoms with van der Waals surface area (Å²) < 4.78 is 6.33. The number of hydrogen-bond donors (Lipinski definition) is 3. The van der Waals surface area contributed by atoms with Crippen molar-refractivity contribution in [3.05, 3.63) is 100 Å². The van der Waals surface area contributed by atoms with Gasteiger partial charge in [-0.2, -0.15) is 0 Å². The molecule has 3 rings (SSSR count). The molecule has 0 aromatic carbocycles. The van der Waals surface area contributed by atoms with E-state index >= 15 is 0 Å². The Morgan fingerprint density at radius 3 is 1.86 bits per heavy atom. The van der Waals surface area contributed by atoms with Gasteiger partial charge in [-0.25, -0.2) is 0 Å². The van der Waals surface area contributed by atoms with E-state index in [0.717, 1.165) is 42.4 Å². The second-order valence-corrected chi connectivity index (χ2v) is 15.3. The molecule has 2 saturated carbocycles. The van der Waals surface area contributed by atoms with Gasteiger partial charge in [0, 0.05) is 18.4 Å². The van der Waals surface area contributed by atoms with Crippen LogP contribution in [0.1, 0.15) is 108 Å². The van der Waals surface area contributed by atoms with Crippen molar-refractivity contribution in [1.82, 2.24) is 0 Å². The number of aliphatic hydroxyl groups excluding tert-OH is 2. The predicted octanol–water partition coefficient (Wildman–Crippen LogP) is 8.94. The lowest BCUT2D eigenvalue weighted by Crippen LogP contribution is -2.47. The van der Waals surface area contributed by atoms with Crippen molar-refractivity contribution in [3.63, 3.8) is 0 Å². The summed E-state index contributed by atoms with van der Waals surface area (Å²) >= 11 is 0. The molecular weight excluding hydrogens is 544 g/mol. The highest BCUT2D eigenvalue weighted by molar-refractivity contribution is 5.33. The SMILES string of the molecule is C\C(C=C=C1C(C)(C)C[C@H](O)C[C@@]1(C)O)=C/C=C/C(C)=C/C=C/C=C(C)/C=C/C=C(\C)CC[C@@]12O[C@]1(C)C[C@@H](O)CC2(C)C. The lowest BCUT2D eigenvalue weighted by Gasteiger charge is -2.43. The van der Waals surface area contributed by atoms with E-state index in [4.69, 9.17) is 4.74 Å². The number of hydrogen-bond acceptors (Lipinski definition) is 4. The Kier molecular flexibility index (Phi) is 11.4. The summed E-state index contributed by atoms with van der Waals surface area (Å²) in [5, 5.41) is 31.3. The topological polar surface area (TPSA) is 73.2 Å². The molecule has 1 saturated heterocycles. The molecule has 0 amide bonds. The molecule has 3 N–H and O–H groups in total. The summed E-state index contributed by atoms with van der Waals surface area (Å²) in [4.78, 5) is 0. The van der Waals surface area contributed by atoms with Crippen LogP contribution in [0.4, 0.5) is 0 Å². The number of epoxide rings is 1. The van der Waals surface area contributed by atoms with Gasteiger partial charge in [-0.05, 0) is 89.7 Å². The molecular formula is C40H58O4. The van der Waals surface area contributed by atoms with Crippen molar-refractivity contribution < 1.29 is 20.1 Å². The minimum absolute atomic E-state index is 0.0166. The summed E-state index contributed by atoms with van der Waals surface area (Å²) in [5.74, 6) is 0. The number of allylic oxidation sites excluding steroid dienone is 14. The largest absolute Gasteiger partial charge is 0.393 e. The summed E-state index contributed by atoms with van der Waals surface area (Å²) in [6.45, 7) is 20.9. The minimum Gasteiger partial charge on any atom is -0.393 e. The van der Waals surface area contributed by atoms with E-state index in [1.165, 1.54) is 11.1 Å². The molecule has 4 heteroatoms. The molecule has 5 atom stereocenters. The zero-order valence-corrected chi connectivity index (χ0v) is 29.0. The highest BCUT2D eigenvalue weighted by Gasteiger charge is 2.75. The van der Waals surface area contributed by atoms with Gasteiger partial charge < -0.3 is 20.1 Å². The molecule has 3 aliphatic rings. The average molecular weight is 603 g/mol. The van der Waals surface area contributed by atoms with E-state index in [9.17, 15) is 15.3 Å². The Bertz CT molecular complexity index is 1310. The fraction of sp³-hybridized carbons (Fsp3) is 0.575. The third-order valence-corrected chi connectivity index (χ3v) is 9.87. The number of ether oxygens (including phenoxy) is 1. The van der Waals surface area contributed by atoms with Gasteiger partial charge in [0.05, 0.1) is 23.4 Å². The number of rotatable bonds is 10. The van der Waals surface area contributed by atoms with Gasteiger partial charge in [-0.15, -0.1) is 5.73 Å². The second kappa shape index (κ2) is 13.9. The fourth-order valence-corrected chi connectivity index (χ4v) is 7.69. The lowest BCUT2D eigenvalue weighted by atomic mass is 9.61. The fourth-order valence-electron chi connectivity index (χ4n) is 7.69. The van der Waals surface area contributed by atoms with Crippen LogP contribution in [0.3, 0.4) is 0 Å². The van der Waals surface area contributed by atoms with Crippen LogP contribution >= 0.6 is 0 Å². The molecule has 0 aromatic heterocycles. The maximum absolute atomic E-state index is 10.9. The van der Waals surface area contributed by atoms with Gasteiger partial charge in [0.25, 0.3) is 0 Å². The first-order chi connectivity index (χ1) is 20.3. The van der Waals surface area contributed by atoms with Crippen molar-refractivity contribution in [2.45, 2.75) is 137 Å². The summed E-state index contributed by atoms with van der Waals surface area (Å²) in [6.07, 6.45) is 26.6. The molecule has 242 valence electrons. The normalized spacial score (nSPS) is 34.5. The van der Waals surface area contributed by atoms with E-state index in [-0.39, 0.29) is 28.1 Å². The predicted molar refractivity (Wildman–Crippen MR) is 184 cm³/mol. The van der Waals surface area contributed by atoms with E-state index in [0.29, 0.717) is 12.8 Å². The van der Waals surface area contributed by atoms with Crippen molar-refractivity contribution in [2.75, 3.05) is 0 Å². The molecule has 0 unspecified atom stereocenters. The molecule has 0 bridgehead atoms. The van der Waals surface area contributed by atoms with Gasteiger partial charge in [0.2, 0.25) is 0 Å². The molecule has 0 aromatic rings. The van der Waals surface area contributed by atoms with Crippen LogP contribution in [0.15, 0.2) is 100 Å². The van der Waals surface area contributed by atoms with Gasteiger partial charge in [0.15, 0.2) is 0 Å². The van der Waals surface area contributed by atoms with Crippen molar-refractivity contribution in [2.24, 2.45) is 10.8 Å². The first-order valence-electron chi connectivity index (χ1n) is 16.3. The monoisotopic (exact) mass is 602 g/mol. The Hall–Kier alpha value is -2.46. The van der Waals surface area contributed by atoms with Crippen LogP contribution in [-0.2, 0) is 4.74 Å². The van der Waals surface area contributed by atoms with Gasteiger partial charge in [-0.1, -0.05) is 105 Å². The average Bonchev–Trinajstić information content (AvgIpc) is 3.49. The molecule has 0 spiro atoms. The van der Waals surface area contributed by atoms with Crippen molar-refractivity contribution in [1.29, 1.82) is 0 Å². The van der Waals surface area contributed by atoms with E-state index in [1.54, 1.807) is 6.92 Å². The molecule has 1 aliphatic heterocycles. The molecule has 4 nitrogen and oxygen atoms in total. The quantitative estimate of drug-likeness (QED) is 0.133. The van der Waals surface area contributed by atoms with Crippen LogP contribution < -0.4 is 0 Å². The zero-order valence-electron chi connectivity index (χ0n) is 29.0. The summed E-state index contributed by atoms with van der Waals surface area (Å²) in [6, 6.07) is 0. The highest BCUT2D eigenvalue weighted by Crippen LogP contribution is 2.67. The van der Waals surface area contributed by atoms with Crippen LogP contribution in [-0.4, -0.2) is 44.3 Å². The van der Waals surface area contributed by atoms with Gasteiger partial charge in [0.1, 0.15) is 5.60 Å². The van der Waals surface area contributed by atoms with Gasteiger partial charge in [-0.3, -0.25) is 0 Å². The maximum atomic E-state index is 10.9. The molecule has 44 heavy (non-hydrogen) atoms. The van der Waals surface area contributed by atoms with Gasteiger partial charge >= 0.3 is 0 Å². The minimum atomic E-state index is -1.05.